The molecule has 0 aliphatic rings. The zero-order valence-electron chi connectivity index (χ0n) is 22.3. The third-order valence-corrected chi connectivity index (χ3v) is 7.82. The number of anilines is 1. The zero-order valence-corrected chi connectivity index (χ0v) is 23.9. The second-order valence-electron chi connectivity index (χ2n) is 9.05. The number of aryl methyl sites for hydroxylation is 1. The largest absolute Gasteiger partial charge is 0.492 e. The number of rotatable bonds is 8. The van der Waals surface area contributed by atoms with Crippen LogP contribution in [0.5, 0.6) is 5.75 Å². The summed E-state index contributed by atoms with van der Waals surface area (Å²) in [4.78, 5) is 56.5. The summed E-state index contributed by atoms with van der Waals surface area (Å²) in [5, 5.41) is 3.53. The highest BCUT2D eigenvalue weighted by Gasteiger charge is 2.30. The van der Waals surface area contributed by atoms with Gasteiger partial charge < -0.3 is 15.0 Å². The van der Waals surface area contributed by atoms with Gasteiger partial charge in [-0.25, -0.2) is 9.36 Å². The van der Waals surface area contributed by atoms with Crippen molar-refractivity contribution in [3.63, 3.8) is 0 Å². The van der Waals surface area contributed by atoms with Crippen LogP contribution >= 0.6 is 22.9 Å². The van der Waals surface area contributed by atoms with E-state index in [-0.39, 0.29) is 22.5 Å². The molecular weight excluding hydrogens is 540 g/mol. The van der Waals surface area contributed by atoms with Crippen LogP contribution in [0.4, 0.5) is 5.69 Å². The Kier molecular flexibility index (Phi) is 8.27. The molecule has 4 rings (SSSR count). The summed E-state index contributed by atoms with van der Waals surface area (Å²) in [6, 6.07) is 12.3. The van der Waals surface area contributed by atoms with E-state index < -0.39 is 23.2 Å². The number of benzene rings is 2. The molecule has 2 amide bonds. The predicted octanol–water partition coefficient (Wildman–Crippen LogP) is 4.87. The van der Waals surface area contributed by atoms with Gasteiger partial charge in [0.1, 0.15) is 16.6 Å². The number of carbonyl (C=O) groups is 2. The van der Waals surface area contributed by atoms with E-state index in [1.54, 1.807) is 76.5 Å². The van der Waals surface area contributed by atoms with Crippen molar-refractivity contribution in [2.24, 2.45) is 0 Å². The summed E-state index contributed by atoms with van der Waals surface area (Å²) in [7, 11) is 3.23. The molecule has 4 aromatic rings. The minimum Gasteiger partial charge on any atom is -0.492 e. The Hall–Kier alpha value is -3.89. The Morgan fingerprint density at radius 2 is 1.74 bits per heavy atom. The number of nitrogens with zero attached hydrogens (tertiary/aromatic N) is 3. The van der Waals surface area contributed by atoms with Gasteiger partial charge in [-0.1, -0.05) is 30.7 Å². The maximum atomic E-state index is 14.0. The SMILES string of the molecule is CCOc1ccccc1NC(=O)[C@H](CC)n1c(=O)n(-c2ccc(Cl)cc2)c(=O)c2c(C)c(C(=O)N(C)C)sc21. The van der Waals surface area contributed by atoms with Crippen LogP contribution in [0.15, 0.2) is 58.1 Å². The topological polar surface area (TPSA) is 103 Å². The van der Waals surface area contributed by atoms with Crippen LogP contribution in [-0.4, -0.2) is 46.6 Å². The van der Waals surface area contributed by atoms with Crippen molar-refractivity contribution < 1.29 is 14.3 Å². The summed E-state index contributed by atoms with van der Waals surface area (Å²) in [5.74, 6) is -0.258. The lowest BCUT2D eigenvalue weighted by molar-refractivity contribution is -0.119. The lowest BCUT2D eigenvalue weighted by Gasteiger charge is -2.21. The molecule has 1 atom stereocenters. The number of amides is 2. The number of hydrogen-bond donors (Lipinski definition) is 1. The quantitative estimate of drug-likeness (QED) is 0.327. The molecule has 1 N–H and O–H groups in total. The van der Waals surface area contributed by atoms with Gasteiger partial charge in [-0.3, -0.25) is 19.0 Å². The van der Waals surface area contributed by atoms with E-state index in [1.807, 2.05) is 6.92 Å². The number of nitrogens with one attached hydrogen (secondary N) is 1. The van der Waals surface area contributed by atoms with Gasteiger partial charge in [0.2, 0.25) is 5.91 Å². The third kappa shape index (κ3) is 5.22. The minimum absolute atomic E-state index is 0.209. The van der Waals surface area contributed by atoms with E-state index in [9.17, 15) is 19.2 Å². The summed E-state index contributed by atoms with van der Waals surface area (Å²) < 4.78 is 7.98. The minimum atomic E-state index is -0.991. The van der Waals surface area contributed by atoms with E-state index >= 15 is 0 Å². The van der Waals surface area contributed by atoms with Crippen LogP contribution in [0.3, 0.4) is 0 Å². The standard InChI is InChI=1S/C28H29ClN4O5S/c1-6-20(24(34)30-19-10-8-9-11-21(19)38-7-2)33-27-22(16(3)23(39-27)26(36)31(4)5)25(35)32(28(33)37)18-14-12-17(29)13-15-18/h8-15,20H,6-7H2,1-5H3,(H,30,34)/t20-/m0/s1. The first-order valence-corrected chi connectivity index (χ1v) is 13.6. The Balaban J connectivity index is 1.99. The van der Waals surface area contributed by atoms with Crippen LogP contribution in [0.2, 0.25) is 5.02 Å². The van der Waals surface area contributed by atoms with E-state index in [0.717, 1.165) is 15.9 Å². The molecular formula is C28H29ClN4O5S. The molecule has 0 spiro atoms. The van der Waals surface area contributed by atoms with Crippen molar-refractivity contribution in [3.05, 3.63) is 84.8 Å². The lowest BCUT2D eigenvalue weighted by atomic mass is 10.1. The van der Waals surface area contributed by atoms with E-state index in [0.29, 0.717) is 39.2 Å². The van der Waals surface area contributed by atoms with Crippen LogP contribution in [0, 0.1) is 6.92 Å². The molecule has 2 aromatic heterocycles. The van der Waals surface area contributed by atoms with E-state index in [1.165, 1.54) is 9.47 Å². The van der Waals surface area contributed by atoms with Gasteiger partial charge in [-0.15, -0.1) is 11.3 Å². The van der Waals surface area contributed by atoms with Crippen LogP contribution in [-0.2, 0) is 4.79 Å². The molecule has 0 radical (unpaired) electrons. The molecule has 2 aromatic carbocycles. The molecule has 39 heavy (non-hydrogen) atoms. The highest BCUT2D eigenvalue weighted by molar-refractivity contribution is 7.20. The highest BCUT2D eigenvalue weighted by atomic mass is 35.5. The molecule has 0 bridgehead atoms. The maximum Gasteiger partial charge on any atom is 0.337 e. The average Bonchev–Trinajstić information content (AvgIpc) is 3.25. The molecule has 0 unspecified atom stereocenters. The summed E-state index contributed by atoms with van der Waals surface area (Å²) >= 11 is 7.08. The van der Waals surface area contributed by atoms with Gasteiger partial charge in [0, 0.05) is 19.1 Å². The van der Waals surface area contributed by atoms with Crippen molar-refractivity contribution in [1.29, 1.82) is 0 Å². The lowest BCUT2D eigenvalue weighted by Crippen LogP contribution is -2.42. The molecule has 204 valence electrons. The first-order chi connectivity index (χ1) is 18.6. The van der Waals surface area contributed by atoms with Crippen molar-refractivity contribution >= 4 is 50.7 Å². The fourth-order valence-corrected chi connectivity index (χ4v) is 5.86. The molecule has 9 nitrogen and oxygen atoms in total. The van der Waals surface area contributed by atoms with Crippen molar-refractivity contribution in [2.75, 3.05) is 26.0 Å². The molecule has 2 heterocycles. The van der Waals surface area contributed by atoms with Crippen LogP contribution in [0.1, 0.15) is 41.5 Å². The first kappa shape index (κ1) is 28.1. The number of hydrogen-bond acceptors (Lipinski definition) is 6. The van der Waals surface area contributed by atoms with Crippen molar-refractivity contribution in [3.8, 4) is 11.4 Å². The van der Waals surface area contributed by atoms with Crippen LogP contribution in [0.25, 0.3) is 15.9 Å². The Morgan fingerprint density at radius 1 is 1.08 bits per heavy atom. The number of aromatic nitrogens is 2. The normalized spacial score (nSPS) is 11.8. The Labute approximate surface area is 234 Å². The molecule has 0 aliphatic heterocycles. The number of thiophene rings is 1. The van der Waals surface area contributed by atoms with Crippen molar-refractivity contribution in [1.82, 2.24) is 14.0 Å². The highest BCUT2D eigenvalue weighted by Crippen LogP contribution is 2.32. The molecule has 0 fully saturated rings. The summed E-state index contributed by atoms with van der Waals surface area (Å²) in [5.41, 5.74) is -0.0544. The fraction of sp³-hybridized carbons (Fsp3) is 0.286. The third-order valence-electron chi connectivity index (χ3n) is 6.29. The molecule has 0 saturated carbocycles. The maximum absolute atomic E-state index is 14.0. The smallest absolute Gasteiger partial charge is 0.337 e. The Morgan fingerprint density at radius 3 is 2.36 bits per heavy atom. The number of halogens is 1. The van der Waals surface area contributed by atoms with Crippen molar-refractivity contribution in [2.45, 2.75) is 33.2 Å². The number of para-hydroxylation sites is 2. The second kappa shape index (κ2) is 11.5. The van der Waals surface area contributed by atoms with Gasteiger partial charge in [0.25, 0.3) is 11.5 Å². The predicted molar refractivity (Wildman–Crippen MR) is 155 cm³/mol. The molecule has 11 heteroatoms. The number of ether oxygens (including phenoxy) is 1. The molecule has 0 aliphatic carbocycles. The number of fused-ring (bicyclic) bond motifs is 1. The van der Waals surface area contributed by atoms with Gasteiger partial charge in [-0.05, 0) is 62.2 Å². The average molecular weight is 569 g/mol. The summed E-state index contributed by atoms with van der Waals surface area (Å²) in [6.07, 6.45) is 0.240. The zero-order chi connectivity index (χ0) is 28.4. The Bertz CT molecular complexity index is 1670. The summed E-state index contributed by atoms with van der Waals surface area (Å²) in [6.45, 7) is 5.71. The monoisotopic (exact) mass is 568 g/mol. The molecule has 0 saturated heterocycles. The first-order valence-electron chi connectivity index (χ1n) is 12.4. The van der Waals surface area contributed by atoms with Gasteiger partial charge in [0.15, 0.2) is 0 Å². The van der Waals surface area contributed by atoms with Gasteiger partial charge in [0.05, 0.1) is 28.2 Å². The fourth-order valence-electron chi connectivity index (χ4n) is 4.37. The van der Waals surface area contributed by atoms with E-state index in [2.05, 4.69) is 5.32 Å². The van der Waals surface area contributed by atoms with E-state index in [4.69, 9.17) is 16.3 Å². The second-order valence-corrected chi connectivity index (χ2v) is 10.5. The van der Waals surface area contributed by atoms with Gasteiger partial charge in [-0.2, -0.15) is 0 Å². The van der Waals surface area contributed by atoms with Crippen LogP contribution < -0.4 is 21.3 Å². The van der Waals surface area contributed by atoms with Gasteiger partial charge >= 0.3 is 5.69 Å². The number of carbonyl (C=O) groups excluding carboxylic acids is 2.